The van der Waals surface area contributed by atoms with Gasteiger partial charge in [-0.2, -0.15) is 0 Å². The Bertz CT molecular complexity index is 882. The number of fused-ring (bicyclic) bond motifs is 1. The van der Waals surface area contributed by atoms with Gasteiger partial charge in [-0.15, -0.1) is 0 Å². The first-order valence-corrected chi connectivity index (χ1v) is 6.66. The molecule has 0 aliphatic rings. The molecule has 2 N–H and O–H groups in total. The molecule has 0 saturated heterocycles. The second-order valence-corrected chi connectivity index (χ2v) is 4.90. The lowest BCUT2D eigenvalue weighted by atomic mass is 9.92. The lowest BCUT2D eigenvalue weighted by Gasteiger charge is -2.11. The molecule has 0 fully saturated rings. The van der Waals surface area contributed by atoms with Gasteiger partial charge in [-0.05, 0) is 34.5 Å². The molecule has 4 heteroatoms. The molecule has 0 heterocycles. The Kier molecular flexibility index (Phi) is 3.35. The number of carboxylic acids is 2. The number of carboxylic acid groups (broad SMARTS) is 2. The number of carbonyl (C=O) groups is 2. The second kappa shape index (κ2) is 5.33. The molecule has 0 spiro atoms. The maximum absolute atomic E-state index is 11.5. The highest BCUT2D eigenvalue weighted by atomic mass is 16.4. The van der Waals surface area contributed by atoms with Crippen molar-refractivity contribution in [3.63, 3.8) is 0 Å². The lowest BCUT2D eigenvalue weighted by molar-refractivity contribution is 0.0686. The van der Waals surface area contributed by atoms with Crippen LogP contribution in [0.3, 0.4) is 0 Å². The molecule has 4 nitrogen and oxygen atoms in total. The first-order valence-electron chi connectivity index (χ1n) is 6.66. The maximum Gasteiger partial charge on any atom is 0.336 e. The summed E-state index contributed by atoms with van der Waals surface area (Å²) in [4.78, 5) is 22.6. The van der Waals surface area contributed by atoms with E-state index in [1.165, 1.54) is 12.1 Å². The van der Waals surface area contributed by atoms with Crippen LogP contribution in [0.2, 0.25) is 0 Å². The van der Waals surface area contributed by atoms with E-state index >= 15 is 0 Å². The van der Waals surface area contributed by atoms with E-state index in [4.69, 9.17) is 5.11 Å². The zero-order valence-electron chi connectivity index (χ0n) is 11.5. The normalized spacial score (nSPS) is 10.5. The molecule has 3 rings (SSSR count). The van der Waals surface area contributed by atoms with E-state index in [1.54, 1.807) is 18.2 Å². The van der Waals surface area contributed by atoms with Crippen LogP contribution in [-0.2, 0) is 0 Å². The Hall–Kier alpha value is -3.14. The summed E-state index contributed by atoms with van der Waals surface area (Å²) in [5.74, 6) is -2.02. The molecule has 0 aromatic heterocycles. The second-order valence-electron chi connectivity index (χ2n) is 4.90. The van der Waals surface area contributed by atoms with Gasteiger partial charge in [0.1, 0.15) is 0 Å². The molecule has 0 aliphatic heterocycles. The minimum atomic E-state index is -1.01. The van der Waals surface area contributed by atoms with Crippen LogP contribution < -0.4 is 0 Å². The summed E-state index contributed by atoms with van der Waals surface area (Å²) in [7, 11) is 0. The van der Waals surface area contributed by atoms with Crippen molar-refractivity contribution in [1.29, 1.82) is 0 Å². The lowest BCUT2D eigenvalue weighted by Crippen LogP contribution is -2.01. The third kappa shape index (κ3) is 2.31. The largest absolute Gasteiger partial charge is 0.478 e. The van der Waals surface area contributed by atoms with Crippen LogP contribution in [0.25, 0.3) is 21.9 Å². The number of aromatic carboxylic acids is 2. The molecule has 0 amide bonds. The Balaban J connectivity index is 2.37. The molecule has 0 atom stereocenters. The van der Waals surface area contributed by atoms with Crippen LogP contribution in [0.5, 0.6) is 0 Å². The summed E-state index contributed by atoms with van der Waals surface area (Å²) in [5, 5.41) is 19.9. The van der Waals surface area contributed by atoms with Crippen LogP contribution >= 0.6 is 0 Å². The minimum Gasteiger partial charge on any atom is -0.478 e. The minimum absolute atomic E-state index is 0.176. The summed E-state index contributed by atoms with van der Waals surface area (Å²) < 4.78 is 0. The van der Waals surface area contributed by atoms with Gasteiger partial charge in [-0.25, -0.2) is 9.59 Å². The third-order valence-electron chi connectivity index (χ3n) is 3.56. The van der Waals surface area contributed by atoms with Crippen molar-refractivity contribution in [2.45, 2.75) is 0 Å². The van der Waals surface area contributed by atoms with E-state index in [0.717, 1.165) is 10.9 Å². The van der Waals surface area contributed by atoms with Crippen molar-refractivity contribution in [2.75, 3.05) is 0 Å². The Morgan fingerprint density at radius 3 is 2.14 bits per heavy atom. The molecule has 0 radical (unpaired) electrons. The Morgan fingerprint density at radius 2 is 1.50 bits per heavy atom. The molecule has 0 bridgehead atoms. The fourth-order valence-electron chi connectivity index (χ4n) is 2.56. The molecule has 0 aliphatic carbocycles. The highest BCUT2D eigenvalue weighted by Crippen LogP contribution is 2.32. The third-order valence-corrected chi connectivity index (χ3v) is 3.56. The van der Waals surface area contributed by atoms with E-state index < -0.39 is 11.9 Å². The van der Waals surface area contributed by atoms with Crippen molar-refractivity contribution in [2.24, 2.45) is 0 Å². The number of benzene rings is 3. The van der Waals surface area contributed by atoms with Crippen molar-refractivity contribution in [3.05, 3.63) is 71.8 Å². The monoisotopic (exact) mass is 292 g/mol. The molecule has 108 valence electrons. The molecular formula is C18H12O4. The molecule has 0 unspecified atom stereocenters. The van der Waals surface area contributed by atoms with E-state index in [9.17, 15) is 14.7 Å². The van der Waals surface area contributed by atoms with Gasteiger partial charge in [0.05, 0.1) is 11.1 Å². The standard InChI is InChI=1S/C18H12O4/c19-17(20)13-7-8-14-12(10-13)6-9-15(18(21)22)16(14)11-4-2-1-3-5-11/h1-10H,(H,19,20)(H,21,22). The molecule has 0 saturated carbocycles. The van der Waals surface area contributed by atoms with Gasteiger partial charge in [-0.3, -0.25) is 0 Å². The quantitative estimate of drug-likeness (QED) is 0.767. The molecule has 3 aromatic carbocycles. The van der Waals surface area contributed by atoms with Crippen molar-refractivity contribution >= 4 is 22.7 Å². The zero-order chi connectivity index (χ0) is 15.7. The van der Waals surface area contributed by atoms with Gasteiger partial charge in [0.2, 0.25) is 0 Å². The molecule has 3 aromatic rings. The van der Waals surface area contributed by atoms with Crippen molar-refractivity contribution in [1.82, 2.24) is 0 Å². The SMILES string of the molecule is O=C(O)c1ccc2c(-c3ccccc3)c(C(=O)O)ccc2c1. The predicted octanol–water partition coefficient (Wildman–Crippen LogP) is 3.90. The van der Waals surface area contributed by atoms with Gasteiger partial charge < -0.3 is 10.2 Å². The van der Waals surface area contributed by atoms with Crippen LogP contribution in [-0.4, -0.2) is 22.2 Å². The summed E-state index contributed by atoms with van der Waals surface area (Å²) in [6, 6.07) is 17.1. The fraction of sp³-hybridized carbons (Fsp3) is 0. The van der Waals surface area contributed by atoms with Gasteiger partial charge in [0.15, 0.2) is 0 Å². The van der Waals surface area contributed by atoms with Crippen LogP contribution in [0.4, 0.5) is 0 Å². The summed E-state index contributed by atoms with van der Waals surface area (Å²) >= 11 is 0. The Morgan fingerprint density at radius 1 is 0.773 bits per heavy atom. The Labute approximate surface area is 126 Å². The molecule has 22 heavy (non-hydrogen) atoms. The average Bonchev–Trinajstić information content (AvgIpc) is 2.53. The maximum atomic E-state index is 11.5. The average molecular weight is 292 g/mol. The van der Waals surface area contributed by atoms with Crippen molar-refractivity contribution < 1.29 is 19.8 Å². The highest BCUT2D eigenvalue weighted by Gasteiger charge is 2.16. The molecular weight excluding hydrogens is 280 g/mol. The van der Waals surface area contributed by atoms with Gasteiger partial charge in [0, 0.05) is 5.56 Å². The highest BCUT2D eigenvalue weighted by molar-refractivity contribution is 6.08. The van der Waals surface area contributed by atoms with Crippen LogP contribution in [0.15, 0.2) is 60.7 Å². The summed E-state index contributed by atoms with van der Waals surface area (Å²) in [6.45, 7) is 0. The number of hydrogen-bond acceptors (Lipinski definition) is 2. The van der Waals surface area contributed by atoms with E-state index in [2.05, 4.69) is 0 Å². The first-order chi connectivity index (χ1) is 10.6. The smallest absolute Gasteiger partial charge is 0.336 e. The van der Waals surface area contributed by atoms with E-state index in [1.807, 2.05) is 30.3 Å². The summed E-state index contributed by atoms with van der Waals surface area (Å²) in [6.07, 6.45) is 0. The van der Waals surface area contributed by atoms with Gasteiger partial charge in [-0.1, -0.05) is 42.5 Å². The number of rotatable bonds is 3. The predicted molar refractivity (Wildman–Crippen MR) is 83.3 cm³/mol. The zero-order valence-corrected chi connectivity index (χ0v) is 11.5. The van der Waals surface area contributed by atoms with E-state index in [-0.39, 0.29) is 11.1 Å². The van der Waals surface area contributed by atoms with Crippen LogP contribution in [0.1, 0.15) is 20.7 Å². The van der Waals surface area contributed by atoms with E-state index in [0.29, 0.717) is 10.9 Å². The van der Waals surface area contributed by atoms with Gasteiger partial charge in [0.25, 0.3) is 0 Å². The summed E-state index contributed by atoms with van der Waals surface area (Å²) in [5.41, 5.74) is 1.76. The van der Waals surface area contributed by atoms with Crippen LogP contribution in [0, 0.1) is 0 Å². The topological polar surface area (TPSA) is 74.6 Å². The fourth-order valence-corrected chi connectivity index (χ4v) is 2.56. The van der Waals surface area contributed by atoms with Crippen molar-refractivity contribution in [3.8, 4) is 11.1 Å². The number of hydrogen-bond donors (Lipinski definition) is 2. The first kappa shape index (κ1) is 13.8. The van der Waals surface area contributed by atoms with Gasteiger partial charge >= 0.3 is 11.9 Å².